The zero-order valence-electron chi connectivity index (χ0n) is 9.58. The third-order valence-electron chi connectivity index (χ3n) is 3.69. The Labute approximate surface area is 95.1 Å². The summed E-state index contributed by atoms with van der Waals surface area (Å²) in [6.45, 7) is 6.76. The van der Waals surface area contributed by atoms with Crippen molar-refractivity contribution in [1.82, 2.24) is 10.2 Å². The van der Waals surface area contributed by atoms with Crippen LogP contribution in [0.4, 0.5) is 0 Å². The van der Waals surface area contributed by atoms with Crippen LogP contribution in [0.25, 0.3) is 0 Å². The molecule has 4 heteroatoms. The number of piperidine rings is 1. The van der Waals surface area contributed by atoms with Gasteiger partial charge in [-0.1, -0.05) is 6.92 Å². The fraction of sp³-hybridized carbons (Fsp3) is 1.00. The number of nitrogens with zero attached hydrogens (tertiary/aromatic N) is 1. The van der Waals surface area contributed by atoms with Gasteiger partial charge in [0, 0.05) is 41.4 Å². The third-order valence-corrected chi connectivity index (χ3v) is 5.00. The van der Waals surface area contributed by atoms with Gasteiger partial charge >= 0.3 is 0 Å². The number of hydrogen-bond acceptors (Lipinski definition) is 3. The van der Waals surface area contributed by atoms with Crippen molar-refractivity contribution in [2.24, 2.45) is 5.92 Å². The van der Waals surface area contributed by atoms with Gasteiger partial charge in [0.05, 0.1) is 0 Å². The summed E-state index contributed by atoms with van der Waals surface area (Å²) in [5.74, 6) is 2.47. The smallest absolute Gasteiger partial charge is 0.0360 e. The molecule has 15 heavy (non-hydrogen) atoms. The van der Waals surface area contributed by atoms with Crippen molar-refractivity contribution in [3.63, 3.8) is 0 Å². The Morgan fingerprint density at radius 1 is 1.40 bits per heavy atom. The van der Waals surface area contributed by atoms with Crippen molar-refractivity contribution in [1.29, 1.82) is 0 Å². The van der Waals surface area contributed by atoms with Crippen LogP contribution in [0.2, 0.25) is 0 Å². The van der Waals surface area contributed by atoms with E-state index in [1.807, 2.05) is 6.92 Å². The summed E-state index contributed by atoms with van der Waals surface area (Å²) in [6, 6.07) is 0.692. The fourth-order valence-corrected chi connectivity index (χ4v) is 3.36. The minimum atomic E-state index is -0.607. The van der Waals surface area contributed by atoms with E-state index in [1.165, 1.54) is 32.5 Å². The SMILES string of the molecule is CCS(=O)CCNC1CCN2CCC1C2. The molecule has 0 radical (unpaired) electrons. The summed E-state index contributed by atoms with van der Waals surface area (Å²) in [4.78, 5) is 2.56. The van der Waals surface area contributed by atoms with Gasteiger partial charge in [-0.15, -0.1) is 0 Å². The molecular weight excluding hydrogens is 208 g/mol. The predicted molar refractivity (Wildman–Crippen MR) is 64.5 cm³/mol. The Hall–Kier alpha value is 0.0700. The first-order valence-electron chi connectivity index (χ1n) is 6.10. The fourth-order valence-electron chi connectivity index (χ4n) is 2.72. The molecule has 1 N–H and O–H groups in total. The van der Waals surface area contributed by atoms with Gasteiger partial charge in [0.25, 0.3) is 0 Å². The monoisotopic (exact) mass is 230 g/mol. The number of fused-ring (bicyclic) bond motifs is 2. The van der Waals surface area contributed by atoms with Gasteiger partial charge in [-0.3, -0.25) is 4.21 Å². The van der Waals surface area contributed by atoms with E-state index in [0.717, 1.165) is 24.0 Å². The van der Waals surface area contributed by atoms with Gasteiger partial charge in [-0.2, -0.15) is 0 Å². The molecule has 0 aliphatic carbocycles. The summed E-state index contributed by atoms with van der Waals surface area (Å²) in [5.41, 5.74) is 0. The molecule has 0 spiro atoms. The Morgan fingerprint density at radius 2 is 2.20 bits per heavy atom. The van der Waals surface area contributed by atoms with Gasteiger partial charge in [0.15, 0.2) is 0 Å². The molecule has 3 nitrogen and oxygen atoms in total. The molecule has 2 fully saturated rings. The molecule has 0 aromatic carbocycles. The van der Waals surface area contributed by atoms with Crippen molar-refractivity contribution in [2.45, 2.75) is 25.8 Å². The van der Waals surface area contributed by atoms with E-state index in [1.54, 1.807) is 0 Å². The quantitative estimate of drug-likeness (QED) is 0.744. The molecule has 2 saturated heterocycles. The van der Waals surface area contributed by atoms with E-state index in [0.29, 0.717) is 6.04 Å². The zero-order chi connectivity index (χ0) is 10.7. The minimum Gasteiger partial charge on any atom is -0.313 e. The zero-order valence-corrected chi connectivity index (χ0v) is 10.4. The molecule has 4 unspecified atom stereocenters. The highest BCUT2D eigenvalue weighted by Gasteiger charge is 2.33. The first-order valence-corrected chi connectivity index (χ1v) is 7.59. The van der Waals surface area contributed by atoms with Gasteiger partial charge in [0.1, 0.15) is 0 Å². The van der Waals surface area contributed by atoms with Crippen LogP contribution in [-0.4, -0.2) is 52.8 Å². The van der Waals surface area contributed by atoms with Crippen LogP contribution < -0.4 is 5.32 Å². The lowest BCUT2D eigenvalue weighted by Gasteiger charge is -2.31. The highest BCUT2D eigenvalue weighted by atomic mass is 32.2. The second-order valence-corrected chi connectivity index (χ2v) is 6.50. The summed E-state index contributed by atoms with van der Waals surface area (Å²) in [7, 11) is -0.607. The number of hydrogen-bond donors (Lipinski definition) is 1. The molecule has 2 aliphatic heterocycles. The normalized spacial score (nSPS) is 36.7. The molecule has 0 saturated carbocycles. The van der Waals surface area contributed by atoms with E-state index in [2.05, 4.69) is 10.2 Å². The molecule has 0 amide bonds. The summed E-state index contributed by atoms with van der Waals surface area (Å²) < 4.78 is 11.3. The maximum atomic E-state index is 11.3. The molecule has 0 aromatic heterocycles. The van der Waals surface area contributed by atoms with Crippen molar-refractivity contribution >= 4 is 10.8 Å². The highest BCUT2D eigenvalue weighted by Crippen LogP contribution is 2.26. The second-order valence-electron chi connectivity index (χ2n) is 4.63. The standard InChI is InChI=1S/C11H22N2OS/c1-2-15(14)8-5-12-11-4-7-13-6-3-10(11)9-13/h10-12H,2-9H2,1H3. The van der Waals surface area contributed by atoms with Crippen LogP contribution in [0.15, 0.2) is 0 Å². The molecule has 2 aliphatic rings. The molecule has 2 bridgehead atoms. The van der Waals surface area contributed by atoms with E-state index in [9.17, 15) is 4.21 Å². The van der Waals surface area contributed by atoms with Gasteiger partial charge in [-0.05, 0) is 31.8 Å². The lowest BCUT2D eigenvalue weighted by atomic mass is 9.94. The Balaban J connectivity index is 1.68. The number of rotatable bonds is 5. The van der Waals surface area contributed by atoms with Gasteiger partial charge in [0.2, 0.25) is 0 Å². The first-order chi connectivity index (χ1) is 7.29. The van der Waals surface area contributed by atoms with Crippen LogP contribution in [0.5, 0.6) is 0 Å². The molecular formula is C11H22N2OS. The van der Waals surface area contributed by atoms with Crippen molar-refractivity contribution in [3.8, 4) is 0 Å². The average Bonchev–Trinajstić information content (AvgIpc) is 2.64. The van der Waals surface area contributed by atoms with E-state index >= 15 is 0 Å². The molecule has 88 valence electrons. The molecule has 0 aromatic rings. The topological polar surface area (TPSA) is 32.3 Å². The largest absolute Gasteiger partial charge is 0.313 e. The maximum Gasteiger partial charge on any atom is 0.0360 e. The summed E-state index contributed by atoms with van der Waals surface area (Å²) in [6.07, 6.45) is 2.64. The Kier molecular flexibility index (Phi) is 4.17. The second kappa shape index (κ2) is 5.41. The van der Waals surface area contributed by atoms with Crippen molar-refractivity contribution in [3.05, 3.63) is 0 Å². The van der Waals surface area contributed by atoms with E-state index in [4.69, 9.17) is 0 Å². The molecule has 2 heterocycles. The van der Waals surface area contributed by atoms with Gasteiger partial charge < -0.3 is 10.2 Å². The van der Waals surface area contributed by atoms with Crippen LogP contribution >= 0.6 is 0 Å². The lowest BCUT2D eigenvalue weighted by Crippen LogP contribution is -2.44. The average molecular weight is 230 g/mol. The van der Waals surface area contributed by atoms with Gasteiger partial charge in [-0.25, -0.2) is 0 Å². The van der Waals surface area contributed by atoms with Crippen LogP contribution in [0.3, 0.4) is 0 Å². The summed E-state index contributed by atoms with van der Waals surface area (Å²) >= 11 is 0. The minimum absolute atomic E-state index is 0.607. The van der Waals surface area contributed by atoms with Crippen LogP contribution in [-0.2, 0) is 10.8 Å². The Morgan fingerprint density at radius 3 is 3.00 bits per heavy atom. The van der Waals surface area contributed by atoms with Crippen LogP contribution in [0.1, 0.15) is 19.8 Å². The summed E-state index contributed by atoms with van der Waals surface area (Å²) in [5, 5.41) is 3.59. The van der Waals surface area contributed by atoms with Crippen molar-refractivity contribution in [2.75, 3.05) is 37.7 Å². The lowest BCUT2D eigenvalue weighted by molar-refractivity contribution is 0.223. The first kappa shape index (κ1) is 11.6. The molecule has 4 atom stereocenters. The maximum absolute atomic E-state index is 11.3. The highest BCUT2D eigenvalue weighted by molar-refractivity contribution is 7.84. The van der Waals surface area contributed by atoms with E-state index in [-0.39, 0.29) is 0 Å². The van der Waals surface area contributed by atoms with Crippen molar-refractivity contribution < 1.29 is 4.21 Å². The third kappa shape index (κ3) is 3.02. The number of nitrogens with one attached hydrogen (secondary N) is 1. The molecule has 2 rings (SSSR count). The van der Waals surface area contributed by atoms with Crippen LogP contribution in [0, 0.1) is 5.92 Å². The predicted octanol–water partition coefficient (Wildman–Crippen LogP) is 0.439. The van der Waals surface area contributed by atoms with E-state index < -0.39 is 10.8 Å². The Bertz CT molecular complexity index is 235.